The van der Waals surface area contributed by atoms with Gasteiger partial charge in [-0.05, 0) is 70.9 Å². The molecule has 110 valence electrons. The molecule has 0 radical (unpaired) electrons. The minimum absolute atomic E-state index is 0.804. The normalized spacial score (nSPS) is 19.2. The van der Waals surface area contributed by atoms with E-state index < -0.39 is 0 Å². The van der Waals surface area contributed by atoms with Crippen LogP contribution in [0, 0.1) is 26.7 Å². The number of hydrogen-bond donors (Lipinski definition) is 0. The lowest BCUT2D eigenvalue weighted by Gasteiger charge is -2.27. The highest BCUT2D eigenvalue weighted by atomic mass is 32.2. The zero-order valence-electron chi connectivity index (χ0n) is 13.7. The van der Waals surface area contributed by atoms with Gasteiger partial charge in [0.25, 0.3) is 0 Å². The van der Waals surface area contributed by atoms with Gasteiger partial charge in [0.15, 0.2) is 0 Å². The van der Waals surface area contributed by atoms with E-state index in [4.69, 9.17) is 0 Å². The number of benzene rings is 1. The lowest BCUT2D eigenvalue weighted by Crippen LogP contribution is -2.14. The third kappa shape index (κ3) is 3.69. The van der Waals surface area contributed by atoms with Gasteiger partial charge < -0.3 is 0 Å². The third-order valence-corrected chi connectivity index (χ3v) is 5.92. The summed E-state index contributed by atoms with van der Waals surface area (Å²) in [4.78, 5) is 1.51. The smallest absolute Gasteiger partial charge is 0.0131 e. The first-order valence-corrected chi connectivity index (χ1v) is 8.84. The predicted octanol–water partition coefficient (Wildman–Crippen LogP) is 6.23. The molecule has 1 saturated carbocycles. The van der Waals surface area contributed by atoms with E-state index in [0.29, 0.717) is 0 Å². The summed E-state index contributed by atoms with van der Waals surface area (Å²) in [5, 5.41) is 0. The van der Waals surface area contributed by atoms with Gasteiger partial charge in [-0.25, -0.2) is 0 Å². The monoisotopic (exact) mass is 288 g/mol. The molecule has 1 aliphatic carbocycles. The first kappa shape index (κ1) is 15.7. The third-order valence-electron chi connectivity index (χ3n) is 4.42. The predicted molar refractivity (Wildman–Crippen MR) is 91.7 cm³/mol. The number of hydrogen-bond acceptors (Lipinski definition) is 1. The summed E-state index contributed by atoms with van der Waals surface area (Å²) in [7, 11) is 0. The first-order chi connectivity index (χ1) is 9.49. The van der Waals surface area contributed by atoms with Crippen molar-refractivity contribution in [2.45, 2.75) is 65.2 Å². The van der Waals surface area contributed by atoms with Crippen LogP contribution in [0.15, 0.2) is 28.2 Å². The standard InChI is InChI=1S/C19H28S/c1-13(2)18-9-7-6-8-17(18)12-20-19-15(4)10-14(3)11-16(19)5/h10-11,17H,6-9,12H2,1-5H3. The average molecular weight is 288 g/mol. The van der Waals surface area contributed by atoms with Crippen LogP contribution in [0.2, 0.25) is 0 Å². The van der Waals surface area contributed by atoms with Gasteiger partial charge in [-0.15, -0.1) is 11.8 Å². The summed E-state index contributed by atoms with van der Waals surface area (Å²) in [6.07, 6.45) is 5.52. The Balaban J connectivity index is 2.10. The lowest BCUT2D eigenvalue weighted by molar-refractivity contribution is 0.484. The molecule has 1 aromatic rings. The Bertz CT molecular complexity index is 483. The maximum Gasteiger partial charge on any atom is 0.0131 e. The van der Waals surface area contributed by atoms with Crippen LogP contribution < -0.4 is 0 Å². The molecule has 0 bridgehead atoms. The topological polar surface area (TPSA) is 0 Å². The van der Waals surface area contributed by atoms with Crippen molar-refractivity contribution in [2.75, 3.05) is 5.75 Å². The highest BCUT2D eigenvalue weighted by molar-refractivity contribution is 7.99. The zero-order chi connectivity index (χ0) is 14.7. The van der Waals surface area contributed by atoms with E-state index in [1.54, 1.807) is 11.1 Å². The molecule has 1 heteroatoms. The summed E-state index contributed by atoms with van der Waals surface area (Å²) in [6, 6.07) is 4.63. The van der Waals surface area contributed by atoms with Crippen molar-refractivity contribution in [3.05, 3.63) is 40.0 Å². The van der Waals surface area contributed by atoms with Gasteiger partial charge in [0, 0.05) is 10.6 Å². The molecule has 0 N–H and O–H groups in total. The van der Waals surface area contributed by atoms with Crippen molar-refractivity contribution in [3.63, 3.8) is 0 Å². The largest absolute Gasteiger partial charge is 0.125 e. The second-order valence-corrected chi connectivity index (χ2v) is 7.54. The van der Waals surface area contributed by atoms with E-state index in [0.717, 1.165) is 5.92 Å². The Morgan fingerprint density at radius 1 is 1.10 bits per heavy atom. The van der Waals surface area contributed by atoms with E-state index in [1.807, 2.05) is 0 Å². The molecule has 0 nitrogen and oxygen atoms in total. The van der Waals surface area contributed by atoms with Crippen molar-refractivity contribution in [1.82, 2.24) is 0 Å². The van der Waals surface area contributed by atoms with Crippen LogP contribution in [0.25, 0.3) is 0 Å². The number of aryl methyl sites for hydroxylation is 3. The zero-order valence-corrected chi connectivity index (χ0v) is 14.5. The minimum Gasteiger partial charge on any atom is -0.125 e. The van der Waals surface area contributed by atoms with Crippen LogP contribution in [0.3, 0.4) is 0 Å². The summed E-state index contributed by atoms with van der Waals surface area (Å²) in [6.45, 7) is 11.3. The van der Waals surface area contributed by atoms with Gasteiger partial charge in [0.1, 0.15) is 0 Å². The van der Waals surface area contributed by atoms with E-state index >= 15 is 0 Å². The Kier molecular flexibility index (Phi) is 5.37. The maximum absolute atomic E-state index is 2.32. The first-order valence-electron chi connectivity index (χ1n) is 7.86. The maximum atomic E-state index is 2.32. The summed E-state index contributed by atoms with van der Waals surface area (Å²) in [5.41, 5.74) is 7.58. The van der Waals surface area contributed by atoms with Gasteiger partial charge in [-0.3, -0.25) is 0 Å². The van der Waals surface area contributed by atoms with Gasteiger partial charge in [-0.2, -0.15) is 0 Å². The molecule has 0 amide bonds. The van der Waals surface area contributed by atoms with Crippen LogP contribution in [0.4, 0.5) is 0 Å². The fourth-order valence-electron chi connectivity index (χ4n) is 3.51. The Morgan fingerprint density at radius 2 is 1.75 bits per heavy atom. The Morgan fingerprint density at radius 3 is 2.35 bits per heavy atom. The molecule has 1 fully saturated rings. The molecular formula is C19H28S. The Labute approximate surface area is 129 Å². The molecule has 1 aliphatic rings. The van der Waals surface area contributed by atoms with E-state index in [9.17, 15) is 0 Å². The van der Waals surface area contributed by atoms with Crippen LogP contribution in [-0.4, -0.2) is 5.75 Å². The summed E-state index contributed by atoms with van der Waals surface area (Å²) >= 11 is 2.08. The molecule has 0 aliphatic heterocycles. The van der Waals surface area contributed by atoms with Crippen LogP contribution >= 0.6 is 11.8 Å². The van der Waals surface area contributed by atoms with E-state index in [1.165, 1.54) is 53.0 Å². The minimum atomic E-state index is 0.804. The molecule has 0 spiro atoms. The van der Waals surface area contributed by atoms with Crippen LogP contribution in [0.5, 0.6) is 0 Å². The van der Waals surface area contributed by atoms with Crippen molar-refractivity contribution >= 4 is 11.8 Å². The van der Waals surface area contributed by atoms with Gasteiger partial charge in [0.05, 0.1) is 0 Å². The fourth-order valence-corrected chi connectivity index (χ4v) is 4.81. The second-order valence-electron chi connectivity index (χ2n) is 6.51. The highest BCUT2D eigenvalue weighted by Crippen LogP contribution is 2.37. The molecular weight excluding hydrogens is 260 g/mol. The Hall–Kier alpha value is -0.690. The van der Waals surface area contributed by atoms with Crippen molar-refractivity contribution < 1.29 is 0 Å². The van der Waals surface area contributed by atoms with Crippen molar-refractivity contribution in [1.29, 1.82) is 0 Å². The summed E-state index contributed by atoms with van der Waals surface area (Å²) in [5.74, 6) is 2.06. The molecule has 20 heavy (non-hydrogen) atoms. The number of allylic oxidation sites excluding steroid dienone is 2. The second kappa shape index (κ2) is 6.85. The average Bonchev–Trinajstić information content (AvgIpc) is 2.37. The van der Waals surface area contributed by atoms with Crippen LogP contribution in [0.1, 0.15) is 56.2 Å². The number of rotatable bonds is 3. The highest BCUT2D eigenvalue weighted by Gasteiger charge is 2.20. The molecule has 0 aromatic heterocycles. The van der Waals surface area contributed by atoms with Gasteiger partial charge in [-0.1, -0.05) is 35.3 Å². The molecule has 2 rings (SSSR count). The SMILES string of the molecule is CC(C)=C1CCCCC1CSc1c(C)cc(C)cc1C. The molecule has 1 atom stereocenters. The molecule has 1 unspecified atom stereocenters. The molecule has 1 aromatic carbocycles. The van der Waals surface area contributed by atoms with Gasteiger partial charge >= 0.3 is 0 Å². The van der Waals surface area contributed by atoms with E-state index in [2.05, 4.69) is 58.5 Å². The van der Waals surface area contributed by atoms with Crippen molar-refractivity contribution in [2.24, 2.45) is 5.92 Å². The lowest BCUT2D eigenvalue weighted by atomic mass is 9.83. The van der Waals surface area contributed by atoms with E-state index in [-0.39, 0.29) is 0 Å². The fraction of sp³-hybridized carbons (Fsp3) is 0.579. The van der Waals surface area contributed by atoms with Gasteiger partial charge in [0.2, 0.25) is 0 Å². The number of thioether (sulfide) groups is 1. The van der Waals surface area contributed by atoms with Crippen LogP contribution in [-0.2, 0) is 0 Å². The molecule has 0 saturated heterocycles. The van der Waals surface area contributed by atoms with Crippen molar-refractivity contribution in [3.8, 4) is 0 Å². The molecule has 0 heterocycles. The summed E-state index contributed by atoms with van der Waals surface area (Å²) < 4.78 is 0. The quantitative estimate of drug-likeness (QED) is 0.469.